The highest BCUT2D eigenvalue weighted by Gasteiger charge is 2.57. The van der Waals surface area contributed by atoms with Crippen LogP contribution in [0.15, 0.2) is 11.6 Å². The fraction of sp³-hybridized carbons (Fsp3) is 0.850. The minimum atomic E-state index is 0.284. The van der Waals surface area contributed by atoms with Crippen LogP contribution >= 0.6 is 0 Å². The van der Waals surface area contributed by atoms with Gasteiger partial charge in [0.15, 0.2) is 0 Å². The molecule has 3 fully saturated rings. The van der Waals surface area contributed by atoms with Crippen LogP contribution in [0, 0.1) is 34.5 Å². The van der Waals surface area contributed by atoms with E-state index in [1.54, 1.807) is 5.57 Å². The second kappa shape index (κ2) is 4.85. The number of rotatable bonds is 0. The van der Waals surface area contributed by atoms with Crippen molar-refractivity contribution >= 4 is 5.91 Å². The van der Waals surface area contributed by atoms with E-state index in [-0.39, 0.29) is 5.91 Å². The molecule has 2 saturated carbocycles. The zero-order chi connectivity index (χ0) is 15.5. The van der Waals surface area contributed by atoms with Crippen LogP contribution in [0.1, 0.15) is 65.7 Å². The van der Waals surface area contributed by atoms with E-state index in [0.29, 0.717) is 16.7 Å². The summed E-state index contributed by atoms with van der Waals surface area (Å²) in [5.74, 6) is 3.60. The van der Waals surface area contributed by atoms with E-state index in [1.165, 1.54) is 32.1 Å². The summed E-state index contributed by atoms with van der Waals surface area (Å²) in [5.41, 5.74) is 2.52. The van der Waals surface area contributed by atoms with Gasteiger partial charge in [0.2, 0.25) is 5.91 Å². The highest BCUT2D eigenvalue weighted by atomic mass is 16.1. The lowest BCUT2D eigenvalue weighted by molar-refractivity contribution is -0.121. The van der Waals surface area contributed by atoms with Crippen molar-refractivity contribution in [3.8, 4) is 0 Å². The molecule has 4 aliphatic rings. The Bertz CT molecular complexity index is 524. The summed E-state index contributed by atoms with van der Waals surface area (Å²) >= 11 is 0. The highest BCUT2D eigenvalue weighted by Crippen LogP contribution is 2.64. The van der Waals surface area contributed by atoms with Crippen LogP contribution in [-0.4, -0.2) is 12.5 Å². The fourth-order valence-corrected chi connectivity index (χ4v) is 6.75. The van der Waals surface area contributed by atoms with E-state index in [2.05, 4.69) is 32.2 Å². The average Bonchev–Trinajstić information content (AvgIpc) is 2.70. The number of amides is 1. The Hall–Kier alpha value is -0.790. The van der Waals surface area contributed by atoms with E-state index in [9.17, 15) is 4.79 Å². The summed E-state index contributed by atoms with van der Waals surface area (Å²) < 4.78 is 0. The molecule has 1 saturated heterocycles. The molecule has 122 valence electrons. The molecule has 0 radical (unpaired) electrons. The molecule has 1 amide bonds. The zero-order valence-corrected chi connectivity index (χ0v) is 14.5. The van der Waals surface area contributed by atoms with Gasteiger partial charge in [-0.1, -0.05) is 25.5 Å². The predicted molar refractivity (Wildman–Crippen MR) is 89.3 cm³/mol. The van der Waals surface area contributed by atoms with Crippen LogP contribution in [0.5, 0.6) is 0 Å². The molecular formula is C20H31NO. The number of allylic oxidation sites excluding steroid dienone is 2. The van der Waals surface area contributed by atoms with Crippen LogP contribution < -0.4 is 5.32 Å². The molecule has 1 aliphatic heterocycles. The maximum atomic E-state index is 11.9. The monoisotopic (exact) mass is 301 g/mol. The van der Waals surface area contributed by atoms with Crippen LogP contribution in [0.4, 0.5) is 0 Å². The smallest absolute Gasteiger partial charge is 0.220 e. The van der Waals surface area contributed by atoms with Gasteiger partial charge in [0, 0.05) is 13.0 Å². The van der Waals surface area contributed by atoms with Gasteiger partial charge in [-0.15, -0.1) is 0 Å². The molecule has 0 aromatic carbocycles. The first-order chi connectivity index (χ1) is 10.4. The molecule has 0 unspecified atom stereocenters. The molecule has 1 heterocycles. The van der Waals surface area contributed by atoms with Crippen molar-refractivity contribution in [1.29, 1.82) is 0 Å². The third kappa shape index (κ3) is 1.88. The van der Waals surface area contributed by atoms with E-state index in [0.717, 1.165) is 37.1 Å². The van der Waals surface area contributed by atoms with Crippen molar-refractivity contribution in [3.05, 3.63) is 11.6 Å². The van der Waals surface area contributed by atoms with Crippen molar-refractivity contribution in [2.24, 2.45) is 34.5 Å². The molecular weight excluding hydrogens is 270 g/mol. The van der Waals surface area contributed by atoms with E-state index >= 15 is 0 Å². The Morgan fingerprint density at radius 3 is 2.77 bits per heavy atom. The molecule has 3 aliphatic carbocycles. The number of nitrogens with one attached hydrogen (secondary N) is 1. The van der Waals surface area contributed by atoms with Gasteiger partial charge < -0.3 is 5.32 Å². The summed E-state index contributed by atoms with van der Waals surface area (Å²) in [6.07, 6.45) is 11.2. The first-order valence-electron chi connectivity index (χ1n) is 9.39. The zero-order valence-electron chi connectivity index (χ0n) is 14.5. The number of carbonyl (C=O) groups is 1. The molecule has 2 nitrogen and oxygen atoms in total. The molecule has 22 heavy (non-hydrogen) atoms. The number of carbonyl (C=O) groups excluding carboxylic acids is 1. The standard InChI is InChI=1S/C20H31NO/c1-13-4-7-16-15-6-5-14-12-21-18(22)9-11-20(14,3)17(15)8-10-19(13,16)2/h4,14-17H,5-12H2,1-3H3,(H,21,22)/t14-,15-,16-,17-,19+,20-/m0/s1. The Labute approximate surface area is 135 Å². The normalized spacial score (nSPS) is 51.0. The Morgan fingerprint density at radius 2 is 1.95 bits per heavy atom. The number of hydrogen-bond acceptors (Lipinski definition) is 1. The van der Waals surface area contributed by atoms with Gasteiger partial charge >= 0.3 is 0 Å². The highest BCUT2D eigenvalue weighted by molar-refractivity contribution is 5.76. The predicted octanol–water partition coefficient (Wildman–Crippen LogP) is 4.31. The van der Waals surface area contributed by atoms with E-state index in [1.807, 2.05) is 0 Å². The minimum absolute atomic E-state index is 0.284. The van der Waals surface area contributed by atoms with Crippen molar-refractivity contribution in [3.63, 3.8) is 0 Å². The first kappa shape index (κ1) is 14.8. The molecule has 2 heteroatoms. The number of hydrogen-bond donors (Lipinski definition) is 1. The van der Waals surface area contributed by atoms with Gasteiger partial charge in [0.25, 0.3) is 0 Å². The van der Waals surface area contributed by atoms with E-state index < -0.39 is 0 Å². The Morgan fingerprint density at radius 1 is 1.14 bits per heavy atom. The van der Waals surface area contributed by atoms with Crippen LogP contribution in [0.25, 0.3) is 0 Å². The quantitative estimate of drug-likeness (QED) is 0.664. The van der Waals surface area contributed by atoms with Gasteiger partial charge in [-0.05, 0) is 80.0 Å². The van der Waals surface area contributed by atoms with Crippen molar-refractivity contribution in [2.45, 2.75) is 65.7 Å². The molecule has 0 aromatic rings. The van der Waals surface area contributed by atoms with Crippen molar-refractivity contribution in [1.82, 2.24) is 5.32 Å². The van der Waals surface area contributed by atoms with Gasteiger partial charge in [-0.2, -0.15) is 0 Å². The molecule has 6 atom stereocenters. The topological polar surface area (TPSA) is 29.1 Å². The van der Waals surface area contributed by atoms with Crippen LogP contribution in [-0.2, 0) is 4.79 Å². The molecule has 0 bridgehead atoms. The maximum absolute atomic E-state index is 11.9. The lowest BCUT2D eigenvalue weighted by Crippen LogP contribution is -2.52. The maximum Gasteiger partial charge on any atom is 0.220 e. The number of fused-ring (bicyclic) bond motifs is 5. The summed E-state index contributed by atoms with van der Waals surface area (Å²) in [4.78, 5) is 11.9. The van der Waals surface area contributed by atoms with E-state index in [4.69, 9.17) is 0 Å². The Kier molecular flexibility index (Phi) is 3.26. The average molecular weight is 301 g/mol. The second-order valence-electron chi connectivity index (χ2n) is 9.04. The minimum Gasteiger partial charge on any atom is -0.356 e. The van der Waals surface area contributed by atoms with Crippen molar-refractivity contribution in [2.75, 3.05) is 6.54 Å². The third-order valence-corrected chi connectivity index (χ3v) is 8.47. The summed E-state index contributed by atoms with van der Waals surface area (Å²) in [6, 6.07) is 0. The van der Waals surface area contributed by atoms with Gasteiger partial charge in [-0.3, -0.25) is 4.79 Å². The van der Waals surface area contributed by atoms with Gasteiger partial charge in [-0.25, -0.2) is 0 Å². The third-order valence-electron chi connectivity index (χ3n) is 8.47. The SMILES string of the molecule is CC1=CC[C@H]2[C@@H]3CC[C@H]4CNC(=O)CC[C@]4(C)[C@H]3CC[C@]12C. The summed E-state index contributed by atoms with van der Waals surface area (Å²) in [6.45, 7) is 8.34. The largest absolute Gasteiger partial charge is 0.356 e. The van der Waals surface area contributed by atoms with Gasteiger partial charge in [0.05, 0.1) is 0 Å². The molecule has 0 spiro atoms. The molecule has 1 N–H and O–H groups in total. The summed E-state index contributed by atoms with van der Waals surface area (Å²) in [5, 5.41) is 3.18. The first-order valence-corrected chi connectivity index (χ1v) is 9.39. The van der Waals surface area contributed by atoms with Crippen LogP contribution in [0.2, 0.25) is 0 Å². The Balaban J connectivity index is 1.64. The lowest BCUT2D eigenvalue weighted by Gasteiger charge is -2.58. The van der Waals surface area contributed by atoms with Gasteiger partial charge in [0.1, 0.15) is 0 Å². The molecule has 4 rings (SSSR count). The lowest BCUT2D eigenvalue weighted by atomic mass is 9.46. The molecule has 0 aromatic heterocycles. The fourth-order valence-electron chi connectivity index (χ4n) is 6.75. The summed E-state index contributed by atoms with van der Waals surface area (Å²) in [7, 11) is 0. The second-order valence-corrected chi connectivity index (χ2v) is 9.04. The van der Waals surface area contributed by atoms with Crippen molar-refractivity contribution < 1.29 is 4.79 Å². The van der Waals surface area contributed by atoms with Crippen LogP contribution in [0.3, 0.4) is 0 Å².